The molecule has 2 aromatic carbocycles. The summed E-state index contributed by atoms with van der Waals surface area (Å²) in [4.78, 5) is 23.2. The number of nitrogens with one attached hydrogen (secondary N) is 2. The molecule has 0 aliphatic carbocycles. The number of rotatable bonds is 11. The van der Waals surface area contributed by atoms with Gasteiger partial charge in [-0.05, 0) is 24.3 Å². The number of hydrogen-bond donors (Lipinski definition) is 2. The van der Waals surface area contributed by atoms with Gasteiger partial charge in [-0.25, -0.2) is 13.2 Å². The van der Waals surface area contributed by atoms with E-state index in [1.807, 2.05) is 0 Å². The Hall–Kier alpha value is -4.19. The molecular formula is C23H26N2O9S. The highest BCUT2D eigenvalue weighted by molar-refractivity contribution is 7.95. The molecular weight excluding hydrogens is 480 g/mol. The average Bonchev–Trinajstić information content (AvgIpc) is 2.85. The third kappa shape index (κ3) is 7.67. The maximum Gasteiger partial charge on any atom is 0.330 e. The minimum atomic E-state index is -3.99. The van der Waals surface area contributed by atoms with Gasteiger partial charge in [0, 0.05) is 24.3 Å². The predicted octanol–water partition coefficient (Wildman–Crippen LogP) is 2.80. The number of sulfonamides is 1. The Morgan fingerprint density at radius 3 is 2.00 bits per heavy atom. The number of methoxy groups -OCH3 is 5. The highest BCUT2D eigenvalue weighted by atomic mass is 32.2. The maximum atomic E-state index is 12.7. The first-order valence-corrected chi connectivity index (χ1v) is 11.5. The van der Waals surface area contributed by atoms with Crippen molar-refractivity contribution in [3.05, 3.63) is 53.5 Å². The highest BCUT2D eigenvalue weighted by Gasteiger charge is 2.14. The number of anilines is 2. The van der Waals surface area contributed by atoms with Gasteiger partial charge in [-0.3, -0.25) is 9.52 Å². The minimum Gasteiger partial charge on any atom is -0.496 e. The highest BCUT2D eigenvalue weighted by Crippen LogP contribution is 2.35. The Bertz CT molecular complexity index is 1210. The van der Waals surface area contributed by atoms with E-state index in [1.54, 1.807) is 12.1 Å². The Balaban J connectivity index is 2.29. The van der Waals surface area contributed by atoms with Crippen LogP contribution >= 0.6 is 0 Å². The van der Waals surface area contributed by atoms with Crippen molar-refractivity contribution in [1.82, 2.24) is 0 Å². The van der Waals surface area contributed by atoms with E-state index in [0.717, 1.165) is 17.6 Å². The summed E-state index contributed by atoms with van der Waals surface area (Å²) in [5.74, 6) is 0.101. The predicted molar refractivity (Wildman–Crippen MR) is 130 cm³/mol. The lowest BCUT2D eigenvalue weighted by Gasteiger charge is -2.13. The summed E-state index contributed by atoms with van der Waals surface area (Å²) < 4.78 is 53.3. The van der Waals surface area contributed by atoms with Crippen molar-refractivity contribution in [1.29, 1.82) is 0 Å². The molecule has 2 aromatic rings. The smallest absolute Gasteiger partial charge is 0.330 e. The first-order valence-electron chi connectivity index (χ1n) is 9.92. The van der Waals surface area contributed by atoms with Crippen molar-refractivity contribution in [2.24, 2.45) is 0 Å². The van der Waals surface area contributed by atoms with Crippen molar-refractivity contribution in [3.8, 4) is 23.0 Å². The third-order valence-electron chi connectivity index (χ3n) is 4.46. The molecule has 0 aliphatic heterocycles. The molecule has 2 rings (SSSR count). The molecule has 11 nitrogen and oxygen atoms in total. The van der Waals surface area contributed by atoms with E-state index in [0.29, 0.717) is 22.8 Å². The van der Waals surface area contributed by atoms with Crippen molar-refractivity contribution < 1.29 is 41.7 Å². The van der Waals surface area contributed by atoms with E-state index < -0.39 is 21.9 Å². The van der Waals surface area contributed by atoms with E-state index >= 15 is 0 Å². The lowest BCUT2D eigenvalue weighted by atomic mass is 10.1. The monoisotopic (exact) mass is 506 g/mol. The van der Waals surface area contributed by atoms with Crippen molar-refractivity contribution in [3.63, 3.8) is 0 Å². The zero-order chi connectivity index (χ0) is 26.0. The van der Waals surface area contributed by atoms with Crippen LogP contribution in [0.1, 0.15) is 5.56 Å². The van der Waals surface area contributed by atoms with E-state index in [1.165, 1.54) is 59.8 Å². The molecule has 0 aromatic heterocycles. The topological polar surface area (TPSA) is 138 Å². The van der Waals surface area contributed by atoms with Gasteiger partial charge >= 0.3 is 5.97 Å². The van der Waals surface area contributed by atoms with Crippen LogP contribution in [-0.4, -0.2) is 55.8 Å². The van der Waals surface area contributed by atoms with Crippen molar-refractivity contribution >= 4 is 39.4 Å². The Kier molecular flexibility index (Phi) is 9.53. The number of carbonyl (C=O) groups excluding carboxylic acids is 2. The molecule has 0 fully saturated rings. The number of esters is 1. The van der Waals surface area contributed by atoms with Gasteiger partial charge in [-0.2, -0.15) is 0 Å². The molecule has 0 radical (unpaired) electrons. The molecule has 0 aliphatic rings. The van der Waals surface area contributed by atoms with Crippen molar-refractivity contribution in [2.45, 2.75) is 0 Å². The van der Waals surface area contributed by atoms with Gasteiger partial charge in [0.05, 0.1) is 57.9 Å². The number of carbonyl (C=O) groups is 2. The SMILES string of the molecule is COC(=O)C=CC(=O)Nc1cc(NS(=O)(=O)C=Cc2c(OC)cc(OC)cc2OC)ccc1OC. The van der Waals surface area contributed by atoms with Gasteiger partial charge in [0.15, 0.2) is 0 Å². The summed E-state index contributed by atoms with van der Waals surface area (Å²) >= 11 is 0. The molecule has 1 amide bonds. The second-order valence-electron chi connectivity index (χ2n) is 6.66. The standard InChI is InChI=1S/C23H26N2O9S/c1-30-16-13-20(32-3)17(21(14-16)33-4)10-11-35(28,29)25-15-6-7-19(31-2)18(12-15)24-22(26)8-9-23(27)34-5/h6-14,25H,1-5H3,(H,24,26). The van der Waals surface area contributed by atoms with E-state index in [9.17, 15) is 18.0 Å². The van der Waals surface area contributed by atoms with Crippen LogP contribution in [0.4, 0.5) is 11.4 Å². The lowest BCUT2D eigenvalue weighted by Crippen LogP contribution is -2.12. The summed E-state index contributed by atoms with van der Waals surface area (Å²) in [6.45, 7) is 0. The van der Waals surface area contributed by atoms with Crippen LogP contribution in [0, 0.1) is 0 Å². The number of hydrogen-bond acceptors (Lipinski definition) is 9. The first-order chi connectivity index (χ1) is 16.7. The van der Waals surface area contributed by atoms with E-state index in [-0.39, 0.29) is 17.1 Å². The first kappa shape index (κ1) is 27.1. The zero-order valence-electron chi connectivity index (χ0n) is 19.8. The molecule has 12 heteroatoms. The minimum absolute atomic E-state index is 0.149. The summed E-state index contributed by atoms with van der Waals surface area (Å²) in [5, 5.41) is 3.46. The van der Waals surface area contributed by atoms with Crippen LogP contribution in [0.25, 0.3) is 6.08 Å². The Labute approximate surface area is 203 Å². The molecule has 2 N–H and O–H groups in total. The number of ether oxygens (including phenoxy) is 5. The van der Waals surface area contributed by atoms with Crippen LogP contribution < -0.4 is 29.0 Å². The second kappa shape index (κ2) is 12.3. The average molecular weight is 507 g/mol. The quantitative estimate of drug-likeness (QED) is 0.348. The zero-order valence-corrected chi connectivity index (χ0v) is 20.6. The molecule has 188 valence electrons. The van der Waals surface area contributed by atoms with Crippen molar-refractivity contribution in [2.75, 3.05) is 45.6 Å². The van der Waals surface area contributed by atoms with Crippen LogP contribution in [0.5, 0.6) is 23.0 Å². The molecule has 0 saturated heterocycles. The van der Waals surface area contributed by atoms with E-state index in [4.69, 9.17) is 18.9 Å². The summed E-state index contributed by atoms with van der Waals surface area (Å²) in [7, 11) is 2.93. The molecule has 35 heavy (non-hydrogen) atoms. The van der Waals surface area contributed by atoms with Gasteiger partial charge in [0.1, 0.15) is 23.0 Å². The van der Waals surface area contributed by atoms with Crippen LogP contribution in [0.15, 0.2) is 47.9 Å². The fraction of sp³-hybridized carbons (Fsp3) is 0.217. The summed E-state index contributed by atoms with van der Waals surface area (Å²) in [5.41, 5.74) is 0.715. The van der Waals surface area contributed by atoms with Gasteiger partial charge in [0.2, 0.25) is 5.91 Å². The van der Waals surface area contributed by atoms with Gasteiger partial charge in [-0.15, -0.1) is 0 Å². The third-order valence-corrected chi connectivity index (χ3v) is 5.47. The Morgan fingerprint density at radius 2 is 1.46 bits per heavy atom. The molecule has 0 heterocycles. The van der Waals surface area contributed by atoms with Gasteiger partial charge < -0.3 is 29.0 Å². The number of benzene rings is 2. The largest absolute Gasteiger partial charge is 0.496 e. The van der Waals surface area contributed by atoms with Crippen LogP contribution in [0.2, 0.25) is 0 Å². The molecule has 0 unspecified atom stereocenters. The second-order valence-corrected chi connectivity index (χ2v) is 8.22. The summed E-state index contributed by atoms with van der Waals surface area (Å²) in [6.07, 6.45) is 3.24. The fourth-order valence-electron chi connectivity index (χ4n) is 2.81. The van der Waals surface area contributed by atoms with Crippen LogP contribution in [0.3, 0.4) is 0 Å². The van der Waals surface area contributed by atoms with Gasteiger partial charge in [-0.1, -0.05) is 0 Å². The molecule has 0 spiro atoms. The van der Waals surface area contributed by atoms with Gasteiger partial charge in [0.25, 0.3) is 10.0 Å². The fourth-order valence-corrected chi connectivity index (χ4v) is 3.65. The maximum absolute atomic E-state index is 12.7. The van der Waals surface area contributed by atoms with Crippen LogP contribution in [-0.2, 0) is 24.3 Å². The normalized spacial score (nSPS) is 11.2. The Morgan fingerprint density at radius 1 is 0.829 bits per heavy atom. The molecule has 0 atom stereocenters. The summed E-state index contributed by atoms with van der Waals surface area (Å²) in [6, 6.07) is 7.47. The molecule has 0 bridgehead atoms. The number of amides is 1. The molecule has 0 saturated carbocycles. The lowest BCUT2D eigenvalue weighted by molar-refractivity contribution is -0.135. The van der Waals surface area contributed by atoms with E-state index in [2.05, 4.69) is 14.8 Å².